The van der Waals surface area contributed by atoms with Gasteiger partial charge in [0.25, 0.3) is 0 Å². The summed E-state index contributed by atoms with van der Waals surface area (Å²) in [7, 11) is 0. The van der Waals surface area contributed by atoms with Crippen LogP contribution in [0, 0.1) is 0 Å². The molecular formula is C56H38N4. The Labute approximate surface area is 348 Å². The van der Waals surface area contributed by atoms with E-state index in [0.29, 0.717) is 0 Å². The van der Waals surface area contributed by atoms with Gasteiger partial charge in [-0.05, 0) is 69.8 Å². The Bertz CT molecular complexity index is 3030. The molecule has 0 aliphatic carbocycles. The van der Waals surface area contributed by atoms with Crippen molar-refractivity contribution in [3.63, 3.8) is 0 Å². The monoisotopic (exact) mass is 766 g/mol. The van der Waals surface area contributed by atoms with Crippen LogP contribution >= 0.6 is 0 Å². The highest BCUT2D eigenvalue weighted by atomic mass is 14.8. The minimum atomic E-state index is 0.878. The van der Waals surface area contributed by atoms with Gasteiger partial charge in [-0.25, -0.2) is 9.97 Å². The van der Waals surface area contributed by atoms with Crippen LogP contribution in [0.1, 0.15) is 22.8 Å². The van der Waals surface area contributed by atoms with Crippen LogP contribution in [0.25, 0.3) is 113 Å². The predicted octanol–water partition coefficient (Wildman–Crippen LogP) is 14.7. The van der Waals surface area contributed by atoms with E-state index in [9.17, 15) is 0 Å². The molecule has 4 heteroatoms. The maximum Gasteiger partial charge on any atom is 0.0737 e. The summed E-state index contributed by atoms with van der Waals surface area (Å²) in [5.41, 5.74) is 20.2. The number of hydrogen-bond acceptors (Lipinski definition) is 2. The van der Waals surface area contributed by atoms with E-state index < -0.39 is 0 Å². The zero-order valence-corrected chi connectivity index (χ0v) is 32.7. The smallest absolute Gasteiger partial charge is 0.0737 e. The van der Waals surface area contributed by atoms with Crippen molar-refractivity contribution in [2.75, 3.05) is 0 Å². The first-order valence-corrected chi connectivity index (χ1v) is 20.3. The maximum absolute atomic E-state index is 5.59. The van der Waals surface area contributed by atoms with Crippen LogP contribution in [-0.2, 0) is 0 Å². The van der Waals surface area contributed by atoms with Gasteiger partial charge in [0.15, 0.2) is 0 Å². The molecule has 4 nitrogen and oxygen atoms in total. The Balaban J connectivity index is 1.40. The van der Waals surface area contributed by atoms with Crippen LogP contribution in [0.5, 0.6) is 0 Å². The van der Waals surface area contributed by atoms with Gasteiger partial charge in [-0.15, -0.1) is 0 Å². The molecule has 2 N–H and O–H groups in total. The molecule has 0 atom stereocenters. The van der Waals surface area contributed by atoms with Crippen LogP contribution < -0.4 is 0 Å². The van der Waals surface area contributed by atoms with Crippen molar-refractivity contribution in [2.24, 2.45) is 0 Å². The van der Waals surface area contributed by atoms with Crippen LogP contribution in [0.3, 0.4) is 0 Å². The minimum absolute atomic E-state index is 0.878. The van der Waals surface area contributed by atoms with Gasteiger partial charge in [0.1, 0.15) is 0 Å². The largest absolute Gasteiger partial charge is 0.354 e. The van der Waals surface area contributed by atoms with Gasteiger partial charge >= 0.3 is 0 Å². The van der Waals surface area contributed by atoms with Gasteiger partial charge in [0, 0.05) is 44.4 Å². The molecule has 0 amide bonds. The quantitative estimate of drug-likeness (QED) is 0.177. The molecule has 3 aromatic heterocycles. The van der Waals surface area contributed by atoms with Crippen molar-refractivity contribution >= 4 is 46.4 Å². The third kappa shape index (κ3) is 6.28. The summed E-state index contributed by atoms with van der Waals surface area (Å²) in [6.07, 6.45) is 8.68. The maximum atomic E-state index is 5.59. The van der Waals surface area contributed by atoms with Gasteiger partial charge in [-0.3, -0.25) is 0 Å². The first kappa shape index (κ1) is 35.1. The molecule has 282 valence electrons. The fraction of sp³-hybridized carbons (Fsp3) is 0. The first-order valence-electron chi connectivity index (χ1n) is 20.3. The molecule has 60 heavy (non-hydrogen) atoms. The Morgan fingerprint density at radius 1 is 0.267 bits per heavy atom. The normalized spacial score (nSPS) is 11.9. The topological polar surface area (TPSA) is 57.4 Å². The Morgan fingerprint density at radius 3 is 0.817 bits per heavy atom. The summed E-state index contributed by atoms with van der Waals surface area (Å²) in [5, 5.41) is 0. The number of hydrogen-bond donors (Lipinski definition) is 2. The summed E-state index contributed by atoms with van der Waals surface area (Å²) < 4.78 is 0. The standard InChI is InChI=1S/C56H38N4/c1-7-19-37(20-8-1)43-35-49-51(39-23-11-3-12-24-39)45-32-34-48(58-45)54(42-29-17-6-18-30-42)56-44(38-21-9-2-10-22-38)36-50(60-56)52(40-25-13-4-14-26-40)46-31-33-47(57-46)53(55(43)59-49)41-27-15-5-16-28-41/h1-36,59-60H. The zero-order valence-electron chi connectivity index (χ0n) is 32.7. The number of nitrogens with zero attached hydrogens (tertiary/aromatic N) is 2. The molecule has 11 rings (SSSR count). The average Bonchev–Trinajstić information content (AvgIpc) is 4.15. The van der Waals surface area contributed by atoms with E-state index in [4.69, 9.17) is 9.97 Å². The van der Waals surface area contributed by atoms with Crippen molar-refractivity contribution in [3.8, 4) is 66.8 Å². The SMILES string of the molecule is C1=Cc2nc1c(-c1ccccc1)c1cc(-c3ccccc3)c([nH]1)c(-c1ccccc1)c1nc(c(-c3ccccc3)c3cc(-c4ccccc4)c([nH]3)c2-c2ccccc2)C=C1. The summed E-state index contributed by atoms with van der Waals surface area (Å²) in [4.78, 5) is 19.2. The third-order valence-electron chi connectivity index (χ3n) is 11.4. The zero-order chi connectivity index (χ0) is 39.8. The Hall–Kier alpha value is -8.08. The number of fused-ring (bicyclic) bond motifs is 8. The molecule has 0 fully saturated rings. The van der Waals surface area contributed by atoms with Gasteiger partial charge in [0.2, 0.25) is 0 Å². The molecule has 0 saturated carbocycles. The molecule has 9 aromatic rings. The van der Waals surface area contributed by atoms with Crippen molar-refractivity contribution < 1.29 is 0 Å². The molecule has 2 aliphatic heterocycles. The van der Waals surface area contributed by atoms with Crippen LogP contribution in [0.15, 0.2) is 194 Å². The molecule has 8 bridgehead atoms. The highest BCUT2D eigenvalue weighted by Crippen LogP contribution is 2.43. The lowest BCUT2D eigenvalue weighted by Crippen LogP contribution is -1.90. The van der Waals surface area contributed by atoms with Gasteiger partial charge < -0.3 is 9.97 Å². The molecular weight excluding hydrogens is 729 g/mol. The fourth-order valence-corrected chi connectivity index (χ4v) is 8.69. The Kier molecular flexibility index (Phi) is 8.79. The lowest BCUT2D eigenvalue weighted by molar-refractivity contribution is 1.31. The Morgan fingerprint density at radius 2 is 0.517 bits per heavy atom. The average molecular weight is 767 g/mol. The summed E-state index contributed by atoms with van der Waals surface area (Å²) in [5.74, 6) is 0. The molecule has 2 aliphatic rings. The summed E-state index contributed by atoms with van der Waals surface area (Å²) in [6.45, 7) is 0. The van der Waals surface area contributed by atoms with Gasteiger partial charge in [-0.1, -0.05) is 182 Å². The van der Waals surface area contributed by atoms with E-state index in [-0.39, 0.29) is 0 Å². The number of nitrogens with one attached hydrogen (secondary N) is 2. The van der Waals surface area contributed by atoms with E-state index in [1.807, 2.05) is 0 Å². The number of aromatic amines is 2. The van der Waals surface area contributed by atoms with E-state index in [1.54, 1.807) is 0 Å². The van der Waals surface area contributed by atoms with Crippen molar-refractivity contribution in [3.05, 3.63) is 217 Å². The molecule has 0 spiro atoms. The predicted molar refractivity (Wildman–Crippen MR) is 251 cm³/mol. The second-order valence-corrected chi connectivity index (χ2v) is 15.1. The fourth-order valence-electron chi connectivity index (χ4n) is 8.69. The van der Waals surface area contributed by atoms with Crippen molar-refractivity contribution in [2.45, 2.75) is 0 Å². The van der Waals surface area contributed by atoms with Crippen LogP contribution in [0.2, 0.25) is 0 Å². The summed E-state index contributed by atoms with van der Waals surface area (Å²) >= 11 is 0. The van der Waals surface area contributed by atoms with Gasteiger partial charge in [-0.2, -0.15) is 0 Å². The van der Waals surface area contributed by atoms with Gasteiger partial charge in [0.05, 0.1) is 33.8 Å². The number of H-pyrrole nitrogens is 2. The van der Waals surface area contributed by atoms with E-state index in [0.717, 1.165) is 112 Å². The van der Waals surface area contributed by atoms with Crippen molar-refractivity contribution in [1.29, 1.82) is 0 Å². The number of rotatable bonds is 6. The number of benzene rings is 6. The molecule has 6 aromatic carbocycles. The van der Waals surface area contributed by atoms with E-state index in [2.05, 4.69) is 228 Å². The van der Waals surface area contributed by atoms with Crippen LogP contribution in [-0.4, -0.2) is 19.9 Å². The lowest BCUT2D eigenvalue weighted by Gasteiger charge is -2.08. The van der Waals surface area contributed by atoms with E-state index in [1.165, 1.54) is 0 Å². The van der Waals surface area contributed by atoms with E-state index >= 15 is 0 Å². The minimum Gasteiger partial charge on any atom is -0.354 e. The summed E-state index contributed by atoms with van der Waals surface area (Å²) in [6, 6.07) is 68.3. The highest BCUT2D eigenvalue weighted by molar-refractivity contribution is 6.06. The molecule has 0 unspecified atom stereocenters. The first-order chi connectivity index (χ1) is 29.8. The lowest BCUT2D eigenvalue weighted by atomic mass is 9.98. The second kappa shape index (κ2) is 15.0. The molecule has 0 saturated heterocycles. The van der Waals surface area contributed by atoms with Crippen LogP contribution in [0.4, 0.5) is 0 Å². The highest BCUT2D eigenvalue weighted by Gasteiger charge is 2.22. The number of aromatic nitrogens is 4. The van der Waals surface area contributed by atoms with Crippen molar-refractivity contribution in [1.82, 2.24) is 19.9 Å². The molecule has 0 radical (unpaired) electrons. The second-order valence-electron chi connectivity index (χ2n) is 15.1. The third-order valence-corrected chi connectivity index (χ3v) is 11.4. The molecule has 5 heterocycles.